The Hall–Kier alpha value is -4.52. The molecule has 13 heteroatoms. The van der Waals surface area contributed by atoms with Crippen molar-refractivity contribution in [2.24, 2.45) is 0 Å². The van der Waals surface area contributed by atoms with E-state index in [1.165, 1.54) is 16.6 Å². The Balaban J connectivity index is 0.000000472. The van der Waals surface area contributed by atoms with E-state index in [1.807, 2.05) is 47.2 Å². The highest BCUT2D eigenvalue weighted by molar-refractivity contribution is 5.88. The average molecular weight is 600 g/mol. The molecule has 1 fully saturated rings. The molecule has 43 heavy (non-hydrogen) atoms. The summed E-state index contributed by atoms with van der Waals surface area (Å²) in [5.41, 5.74) is 3.17. The molecule has 6 rings (SSSR count). The highest BCUT2D eigenvalue weighted by Crippen LogP contribution is 2.45. The van der Waals surface area contributed by atoms with E-state index >= 15 is 0 Å². The Labute approximate surface area is 245 Å². The van der Waals surface area contributed by atoms with Crippen LogP contribution in [0.4, 0.5) is 13.2 Å². The number of aromatic amines is 1. The minimum Gasteiger partial charge on any atom is -0.497 e. The van der Waals surface area contributed by atoms with Gasteiger partial charge >= 0.3 is 12.1 Å². The number of fused-ring (bicyclic) bond motifs is 4. The maximum atomic E-state index is 13.7. The number of methoxy groups -OCH3 is 1. The summed E-state index contributed by atoms with van der Waals surface area (Å²) in [6.07, 6.45) is 1.88. The Kier molecular flexibility index (Phi) is 8.62. The number of benzene rings is 2. The average Bonchev–Trinajstić information content (AvgIpc) is 3.73. The van der Waals surface area contributed by atoms with Gasteiger partial charge in [-0.15, -0.1) is 0 Å². The summed E-state index contributed by atoms with van der Waals surface area (Å²) < 4.78 is 45.1. The Bertz CT molecular complexity index is 1560. The van der Waals surface area contributed by atoms with Crippen molar-refractivity contribution in [2.75, 3.05) is 39.9 Å². The molecule has 4 heterocycles. The molecule has 0 aliphatic carbocycles. The second-order valence-corrected chi connectivity index (χ2v) is 10.4. The van der Waals surface area contributed by atoms with E-state index in [4.69, 9.17) is 19.4 Å². The molecule has 1 unspecified atom stereocenters. The summed E-state index contributed by atoms with van der Waals surface area (Å²) in [5, 5.41) is 8.32. The molecule has 2 aromatic carbocycles. The zero-order chi connectivity index (χ0) is 30.6. The lowest BCUT2D eigenvalue weighted by molar-refractivity contribution is -0.192. The van der Waals surface area contributed by atoms with Gasteiger partial charge in [-0.25, -0.2) is 9.78 Å². The number of nitrogens with one attached hydrogen (secondary N) is 1. The second-order valence-electron chi connectivity index (χ2n) is 10.4. The first-order valence-corrected chi connectivity index (χ1v) is 13.8. The molecule has 2 aromatic heterocycles. The summed E-state index contributed by atoms with van der Waals surface area (Å²) in [5.74, 6) is -0.902. The van der Waals surface area contributed by atoms with Crippen LogP contribution >= 0.6 is 0 Å². The summed E-state index contributed by atoms with van der Waals surface area (Å²) in [6.45, 7) is 4.09. The normalized spacial score (nSPS) is 18.3. The quantitative estimate of drug-likeness (QED) is 0.329. The highest BCUT2D eigenvalue weighted by atomic mass is 19.4. The van der Waals surface area contributed by atoms with Crippen molar-refractivity contribution in [2.45, 2.75) is 31.1 Å². The number of rotatable bonds is 7. The molecule has 2 N–H and O–H groups in total. The van der Waals surface area contributed by atoms with Gasteiger partial charge in [0.15, 0.2) is 0 Å². The molecule has 2 aliphatic heterocycles. The van der Waals surface area contributed by atoms with E-state index in [9.17, 15) is 18.0 Å². The molecule has 0 bridgehead atoms. The van der Waals surface area contributed by atoms with Crippen molar-refractivity contribution < 1.29 is 37.3 Å². The minimum absolute atomic E-state index is 0.122. The number of hydrogen-bond donors (Lipinski definition) is 2. The van der Waals surface area contributed by atoms with Gasteiger partial charge in [-0.3, -0.25) is 9.69 Å². The molecule has 2 aliphatic rings. The fraction of sp³-hybridized carbons (Fsp3) is 0.367. The lowest BCUT2D eigenvalue weighted by Gasteiger charge is -2.45. The topological polar surface area (TPSA) is 113 Å². The predicted molar refractivity (Wildman–Crippen MR) is 151 cm³/mol. The lowest BCUT2D eigenvalue weighted by Crippen LogP contribution is -2.55. The van der Waals surface area contributed by atoms with Crippen LogP contribution in [0.15, 0.2) is 67.3 Å². The maximum Gasteiger partial charge on any atom is 0.490 e. The zero-order valence-electron chi connectivity index (χ0n) is 23.5. The van der Waals surface area contributed by atoms with Gasteiger partial charge in [0.25, 0.3) is 0 Å². The summed E-state index contributed by atoms with van der Waals surface area (Å²) in [6, 6.07) is 16.1. The van der Waals surface area contributed by atoms with Crippen LogP contribution in [0.25, 0.3) is 10.9 Å². The Morgan fingerprint density at radius 1 is 1.12 bits per heavy atom. The number of nitrogens with zero attached hydrogens (tertiary/aromatic N) is 4. The number of carbonyl (C=O) groups is 2. The number of halogens is 3. The van der Waals surface area contributed by atoms with Gasteiger partial charge < -0.3 is 29.0 Å². The maximum absolute atomic E-state index is 13.7. The summed E-state index contributed by atoms with van der Waals surface area (Å²) in [7, 11) is 1.70. The van der Waals surface area contributed by atoms with E-state index < -0.39 is 17.7 Å². The monoisotopic (exact) mass is 599 g/mol. The molecule has 1 saturated heterocycles. The molecule has 0 radical (unpaired) electrons. The van der Waals surface area contributed by atoms with Crippen molar-refractivity contribution in [3.8, 4) is 11.5 Å². The number of hydrogen-bond acceptors (Lipinski definition) is 6. The molecular formula is C30H32F3N5O5. The van der Waals surface area contributed by atoms with Crippen LogP contribution in [0.3, 0.4) is 0 Å². The first-order chi connectivity index (χ1) is 20.6. The lowest BCUT2D eigenvalue weighted by atomic mass is 9.83. The minimum atomic E-state index is -5.08. The molecule has 1 spiro atoms. The third-order valence-corrected chi connectivity index (χ3v) is 7.85. The van der Waals surface area contributed by atoms with Gasteiger partial charge in [0.2, 0.25) is 5.91 Å². The number of carboxylic acid groups (broad SMARTS) is 1. The predicted octanol–water partition coefficient (Wildman–Crippen LogP) is 4.07. The fourth-order valence-corrected chi connectivity index (χ4v) is 5.86. The first-order valence-electron chi connectivity index (χ1n) is 13.8. The number of alkyl halides is 3. The van der Waals surface area contributed by atoms with Crippen LogP contribution < -0.4 is 9.47 Å². The van der Waals surface area contributed by atoms with Crippen LogP contribution in [0, 0.1) is 0 Å². The third-order valence-electron chi connectivity index (χ3n) is 7.85. The van der Waals surface area contributed by atoms with Crippen LogP contribution in [-0.2, 0) is 28.1 Å². The second kappa shape index (κ2) is 12.4. The fourth-order valence-electron chi connectivity index (χ4n) is 5.86. The number of para-hydroxylation sites is 1. The summed E-state index contributed by atoms with van der Waals surface area (Å²) in [4.78, 5) is 34.9. The largest absolute Gasteiger partial charge is 0.497 e. The van der Waals surface area contributed by atoms with E-state index in [0.29, 0.717) is 19.7 Å². The number of aliphatic carboxylic acids is 1. The number of H-pyrrole nitrogens is 1. The number of amides is 1. The van der Waals surface area contributed by atoms with Crippen LogP contribution in [0.5, 0.6) is 11.5 Å². The Morgan fingerprint density at radius 2 is 1.88 bits per heavy atom. The number of carboxylic acids is 1. The molecule has 0 saturated carbocycles. The highest BCUT2D eigenvalue weighted by Gasteiger charge is 2.50. The number of carbonyl (C=O) groups excluding carboxylic acids is 1. The van der Waals surface area contributed by atoms with E-state index in [1.54, 1.807) is 19.6 Å². The van der Waals surface area contributed by atoms with Crippen LogP contribution in [0.2, 0.25) is 0 Å². The van der Waals surface area contributed by atoms with Crippen LogP contribution in [0.1, 0.15) is 17.7 Å². The first kappa shape index (κ1) is 30.0. The van der Waals surface area contributed by atoms with Crippen molar-refractivity contribution in [1.29, 1.82) is 0 Å². The van der Waals surface area contributed by atoms with E-state index in [-0.39, 0.29) is 5.91 Å². The zero-order valence-corrected chi connectivity index (χ0v) is 23.5. The van der Waals surface area contributed by atoms with Gasteiger partial charge in [0, 0.05) is 55.2 Å². The molecule has 1 amide bonds. The summed E-state index contributed by atoms with van der Waals surface area (Å²) >= 11 is 0. The molecule has 4 aromatic rings. The van der Waals surface area contributed by atoms with Gasteiger partial charge in [0.05, 0.1) is 19.0 Å². The molecular weight excluding hydrogens is 567 g/mol. The third kappa shape index (κ3) is 6.46. The standard InChI is InChI=1S/C28H31N5O3.C2HF3O2/c1-35-22-7-8-25-24(17-22)23-9-12-33(26(34)18-32-14-11-29-20-32)28(27(23)30-25)10-13-31(19-28)15-16-36-21-5-3-2-4-6-21;3-2(4,5)1(6)7/h2-8,11,14,17,20,30H,9-10,12-13,15-16,18-19H2,1H3;(H,6,7). The number of likely N-dealkylation sites (tertiary alicyclic amines) is 1. The molecule has 1 atom stereocenters. The van der Waals surface area contributed by atoms with Crippen LogP contribution in [-0.4, -0.2) is 87.4 Å². The number of aromatic nitrogens is 3. The van der Waals surface area contributed by atoms with Crippen molar-refractivity contribution in [3.05, 3.63) is 78.5 Å². The Morgan fingerprint density at radius 3 is 2.56 bits per heavy atom. The van der Waals surface area contributed by atoms with Crippen molar-refractivity contribution >= 4 is 22.8 Å². The SMILES string of the molecule is COc1ccc2[nH]c3c(c2c1)CCN(C(=O)Cn1ccnc1)C31CCN(CCOc2ccccc2)C1.O=C(O)C(F)(F)F. The van der Waals surface area contributed by atoms with Gasteiger partial charge in [0.1, 0.15) is 24.7 Å². The van der Waals surface area contributed by atoms with E-state index in [2.05, 4.69) is 31.9 Å². The van der Waals surface area contributed by atoms with E-state index in [0.717, 1.165) is 49.5 Å². The smallest absolute Gasteiger partial charge is 0.490 e. The molecule has 228 valence electrons. The van der Waals surface area contributed by atoms with Gasteiger partial charge in [-0.05, 0) is 48.7 Å². The van der Waals surface area contributed by atoms with Crippen molar-refractivity contribution in [1.82, 2.24) is 24.3 Å². The molecule has 10 nitrogen and oxygen atoms in total. The number of ether oxygens (including phenoxy) is 2. The van der Waals surface area contributed by atoms with Gasteiger partial charge in [-0.2, -0.15) is 13.2 Å². The number of imidazole rings is 1. The van der Waals surface area contributed by atoms with Gasteiger partial charge in [-0.1, -0.05) is 18.2 Å². The van der Waals surface area contributed by atoms with Crippen molar-refractivity contribution in [3.63, 3.8) is 0 Å².